The zero-order valence-corrected chi connectivity index (χ0v) is 13.7. The molecule has 0 bridgehead atoms. The molecule has 1 aliphatic heterocycles. The van der Waals surface area contributed by atoms with Crippen molar-refractivity contribution in [2.24, 2.45) is 5.41 Å². The minimum absolute atomic E-state index is 0.0694. The number of urea groups is 1. The highest BCUT2D eigenvalue weighted by atomic mass is 16.5. The Morgan fingerprint density at radius 2 is 1.67 bits per heavy atom. The zero-order valence-electron chi connectivity index (χ0n) is 13.7. The van der Waals surface area contributed by atoms with Crippen molar-refractivity contribution in [1.29, 1.82) is 0 Å². The highest BCUT2D eigenvalue weighted by Crippen LogP contribution is 2.27. The van der Waals surface area contributed by atoms with E-state index in [1.54, 1.807) is 0 Å². The van der Waals surface area contributed by atoms with E-state index >= 15 is 0 Å². The summed E-state index contributed by atoms with van der Waals surface area (Å²) in [5, 5.41) is 15.0. The number of carboxylic acid groups (broad SMARTS) is 1. The topological polar surface area (TPSA) is 87.7 Å². The number of hydrogen-bond donors (Lipinski definition) is 3. The maximum absolute atomic E-state index is 12.2. The predicted molar refractivity (Wildman–Crippen MR) is 80.2 cm³/mol. The average molecular weight is 300 g/mol. The summed E-state index contributed by atoms with van der Waals surface area (Å²) in [5.41, 5.74) is -1.56. The largest absolute Gasteiger partial charge is 0.480 e. The van der Waals surface area contributed by atoms with Gasteiger partial charge in [-0.2, -0.15) is 0 Å². The number of ether oxygens (including phenoxy) is 1. The Balaban J connectivity index is 2.68. The third kappa shape index (κ3) is 5.53. The third-order valence-corrected chi connectivity index (χ3v) is 3.53. The molecule has 0 saturated carbocycles. The van der Waals surface area contributed by atoms with Gasteiger partial charge >= 0.3 is 12.0 Å². The van der Waals surface area contributed by atoms with E-state index < -0.39 is 23.1 Å². The van der Waals surface area contributed by atoms with Crippen LogP contribution in [0.4, 0.5) is 4.79 Å². The van der Waals surface area contributed by atoms with Gasteiger partial charge in [0, 0.05) is 31.6 Å². The SMILES string of the molecule is CC(C)(C)CC(C)(C)NC(=O)NC1(C(=O)O)CCOCC1. The van der Waals surface area contributed by atoms with E-state index in [0.29, 0.717) is 13.2 Å². The highest BCUT2D eigenvalue weighted by molar-refractivity contribution is 5.86. The molecule has 0 aromatic rings. The van der Waals surface area contributed by atoms with Crippen molar-refractivity contribution in [2.45, 2.75) is 65.0 Å². The van der Waals surface area contributed by atoms with E-state index in [9.17, 15) is 14.7 Å². The number of nitrogens with one attached hydrogen (secondary N) is 2. The van der Waals surface area contributed by atoms with Crippen LogP contribution in [0.1, 0.15) is 53.9 Å². The number of aliphatic carboxylic acids is 1. The Morgan fingerprint density at radius 1 is 1.14 bits per heavy atom. The molecule has 2 amide bonds. The summed E-state index contributed by atoms with van der Waals surface area (Å²) in [6.07, 6.45) is 1.36. The molecule has 6 nitrogen and oxygen atoms in total. The molecule has 1 rings (SSSR count). The van der Waals surface area contributed by atoms with Crippen molar-refractivity contribution >= 4 is 12.0 Å². The fourth-order valence-corrected chi connectivity index (χ4v) is 3.04. The number of rotatable bonds is 4. The van der Waals surface area contributed by atoms with E-state index in [2.05, 4.69) is 31.4 Å². The number of amides is 2. The van der Waals surface area contributed by atoms with Crippen molar-refractivity contribution in [2.75, 3.05) is 13.2 Å². The van der Waals surface area contributed by atoms with Crippen molar-refractivity contribution < 1.29 is 19.4 Å². The Labute approximate surface area is 126 Å². The normalized spacial score (nSPS) is 18.9. The molecule has 0 unspecified atom stereocenters. The Bertz CT molecular complexity index is 393. The summed E-state index contributed by atoms with van der Waals surface area (Å²) < 4.78 is 5.19. The average Bonchev–Trinajstić information content (AvgIpc) is 2.25. The van der Waals surface area contributed by atoms with E-state index in [4.69, 9.17) is 4.74 Å². The van der Waals surface area contributed by atoms with Crippen LogP contribution in [0, 0.1) is 5.41 Å². The van der Waals surface area contributed by atoms with Gasteiger partial charge in [0.2, 0.25) is 0 Å². The first-order valence-electron chi connectivity index (χ1n) is 7.37. The lowest BCUT2D eigenvalue weighted by molar-refractivity contribution is -0.148. The fraction of sp³-hybridized carbons (Fsp3) is 0.867. The zero-order chi connectivity index (χ0) is 16.3. The van der Waals surface area contributed by atoms with Crippen molar-refractivity contribution in [1.82, 2.24) is 10.6 Å². The summed E-state index contributed by atoms with van der Waals surface area (Å²) in [5.74, 6) is -1.01. The molecule has 1 fully saturated rings. The summed E-state index contributed by atoms with van der Waals surface area (Å²) in [4.78, 5) is 23.7. The minimum atomic E-state index is -1.22. The van der Waals surface area contributed by atoms with Gasteiger partial charge in [0.1, 0.15) is 5.54 Å². The first kappa shape index (κ1) is 17.8. The van der Waals surface area contributed by atoms with Crippen LogP contribution in [0.5, 0.6) is 0 Å². The molecule has 1 aliphatic rings. The maximum atomic E-state index is 12.2. The van der Waals surface area contributed by atoms with Crippen LogP contribution >= 0.6 is 0 Å². The standard InChI is InChI=1S/C15H28N2O4/c1-13(2,3)10-14(4,5)16-12(20)17-15(11(18)19)6-8-21-9-7-15/h6-10H2,1-5H3,(H,18,19)(H2,16,17,20). The van der Waals surface area contributed by atoms with E-state index in [-0.39, 0.29) is 18.3 Å². The minimum Gasteiger partial charge on any atom is -0.480 e. The first-order chi connectivity index (χ1) is 9.46. The summed E-state index contributed by atoms with van der Waals surface area (Å²) >= 11 is 0. The first-order valence-corrected chi connectivity index (χ1v) is 7.37. The summed E-state index contributed by atoms with van der Waals surface area (Å²) in [6, 6.07) is -0.437. The van der Waals surface area contributed by atoms with E-state index in [0.717, 1.165) is 6.42 Å². The van der Waals surface area contributed by atoms with Gasteiger partial charge in [0.15, 0.2) is 0 Å². The second-order valence-corrected chi connectivity index (χ2v) is 7.70. The summed E-state index contributed by atoms with van der Waals surface area (Å²) in [6.45, 7) is 10.9. The fourth-order valence-electron chi connectivity index (χ4n) is 3.04. The smallest absolute Gasteiger partial charge is 0.329 e. The van der Waals surface area contributed by atoms with Crippen molar-refractivity contribution in [3.8, 4) is 0 Å². The van der Waals surface area contributed by atoms with Gasteiger partial charge in [-0.1, -0.05) is 20.8 Å². The van der Waals surface area contributed by atoms with Crippen LogP contribution in [0.2, 0.25) is 0 Å². The molecule has 3 N–H and O–H groups in total. The monoisotopic (exact) mass is 300 g/mol. The van der Waals surface area contributed by atoms with Crippen LogP contribution in [0.3, 0.4) is 0 Å². The molecule has 0 aromatic heterocycles. The molecule has 6 heteroatoms. The molecule has 0 spiro atoms. The van der Waals surface area contributed by atoms with Crippen molar-refractivity contribution in [3.63, 3.8) is 0 Å². The van der Waals surface area contributed by atoms with Gasteiger partial charge < -0.3 is 20.5 Å². The second kappa shape index (κ2) is 6.22. The number of carbonyl (C=O) groups is 2. The Hall–Kier alpha value is -1.30. The molecular formula is C15H28N2O4. The van der Waals surface area contributed by atoms with Gasteiger partial charge in [-0.05, 0) is 25.7 Å². The number of carboxylic acids is 1. The molecule has 0 aliphatic carbocycles. The lowest BCUT2D eigenvalue weighted by atomic mass is 9.82. The van der Waals surface area contributed by atoms with Gasteiger partial charge in [-0.3, -0.25) is 0 Å². The lowest BCUT2D eigenvalue weighted by Gasteiger charge is -2.37. The van der Waals surface area contributed by atoms with E-state index in [1.807, 2.05) is 13.8 Å². The maximum Gasteiger partial charge on any atom is 0.329 e. The summed E-state index contributed by atoms with van der Waals surface area (Å²) in [7, 11) is 0. The molecule has 0 atom stereocenters. The quantitative estimate of drug-likeness (QED) is 0.742. The van der Waals surface area contributed by atoms with Crippen LogP contribution in [-0.4, -0.2) is 41.4 Å². The molecular weight excluding hydrogens is 272 g/mol. The molecule has 21 heavy (non-hydrogen) atoms. The van der Waals surface area contributed by atoms with Crippen molar-refractivity contribution in [3.05, 3.63) is 0 Å². The number of hydrogen-bond acceptors (Lipinski definition) is 3. The van der Waals surface area contributed by atoms with E-state index in [1.165, 1.54) is 0 Å². The van der Waals surface area contributed by atoms with Gasteiger partial charge in [0.05, 0.1) is 0 Å². The lowest BCUT2D eigenvalue weighted by Crippen LogP contribution is -2.62. The second-order valence-electron chi connectivity index (χ2n) is 7.70. The predicted octanol–water partition coefficient (Wildman–Crippen LogP) is 2.13. The molecule has 0 aromatic carbocycles. The van der Waals surface area contributed by atoms with Crippen LogP contribution in [-0.2, 0) is 9.53 Å². The highest BCUT2D eigenvalue weighted by Gasteiger charge is 2.42. The van der Waals surface area contributed by atoms with Gasteiger partial charge in [-0.25, -0.2) is 9.59 Å². The molecule has 1 heterocycles. The van der Waals surface area contributed by atoms with Gasteiger partial charge in [0.25, 0.3) is 0 Å². The molecule has 0 radical (unpaired) electrons. The molecule has 122 valence electrons. The van der Waals surface area contributed by atoms with Crippen LogP contribution < -0.4 is 10.6 Å². The van der Waals surface area contributed by atoms with Crippen LogP contribution in [0.25, 0.3) is 0 Å². The Morgan fingerprint density at radius 3 is 2.10 bits per heavy atom. The third-order valence-electron chi connectivity index (χ3n) is 3.53. The van der Waals surface area contributed by atoms with Crippen LogP contribution in [0.15, 0.2) is 0 Å². The number of carbonyl (C=O) groups excluding carboxylic acids is 1. The Kier molecular flexibility index (Phi) is 5.25. The molecule has 1 saturated heterocycles. The van der Waals surface area contributed by atoms with Gasteiger partial charge in [-0.15, -0.1) is 0 Å².